The Morgan fingerprint density at radius 1 is 1.18 bits per heavy atom. The van der Waals surface area contributed by atoms with Gasteiger partial charge in [0.25, 0.3) is 0 Å². The zero-order valence-electron chi connectivity index (χ0n) is 15.8. The zero-order chi connectivity index (χ0) is 19.8. The molecule has 4 aromatic rings. The number of nitrogens with zero attached hydrogens (tertiary/aromatic N) is 5. The lowest BCUT2D eigenvalue weighted by molar-refractivity contribution is -0.116. The average molecular weight is 396 g/mol. The summed E-state index contributed by atoms with van der Waals surface area (Å²) in [5.41, 5.74) is 4.42. The van der Waals surface area contributed by atoms with Crippen LogP contribution in [-0.2, 0) is 32.4 Å². The summed E-state index contributed by atoms with van der Waals surface area (Å²) >= 11 is 1.39. The number of amides is 1. The van der Waals surface area contributed by atoms with Crippen LogP contribution >= 0.6 is 11.3 Å². The second-order valence-electron chi connectivity index (χ2n) is 6.71. The highest BCUT2D eigenvalue weighted by molar-refractivity contribution is 7.14. The Morgan fingerprint density at radius 2 is 1.96 bits per heavy atom. The molecule has 0 saturated heterocycles. The van der Waals surface area contributed by atoms with E-state index in [2.05, 4.69) is 15.4 Å². The van der Waals surface area contributed by atoms with E-state index in [-0.39, 0.29) is 11.6 Å². The number of hydrogen-bond acceptors (Lipinski definition) is 5. The van der Waals surface area contributed by atoms with Crippen LogP contribution in [0, 0.1) is 0 Å². The topological polar surface area (TPSA) is 86.7 Å². The first-order chi connectivity index (χ1) is 13.4. The van der Waals surface area contributed by atoms with E-state index in [1.165, 1.54) is 11.3 Å². The molecule has 1 amide bonds. The van der Waals surface area contributed by atoms with Crippen molar-refractivity contribution in [2.75, 3.05) is 5.32 Å². The summed E-state index contributed by atoms with van der Waals surface area (Å²) in [5, 5.41) is 9.46. The molecule has 0 bridgehead atoms. The van der Waals surface area contributed by atoms with Crippen LogP contribution < -0.4 is 11.0 Å². The highest BCUT2D eigenvalue weighted by Gasteiger charge is 2.11. The third-order valence-corrected chi connectivity index (χ3v) is 5.49. The zero-order valence-corrected chi connectivity index (χ0v) is 16.7. The van der Waals surface area contributed by atoms with Crippen molar-refractivity contribution in [2.24, 2.45) is 21.1 Å². The maximum atomic E-state index is 12.3. The van der Waals surface area contributed by atoms with Crippen molar-refractivity contribution in [2.45, 2.75) is 12.8 Å². The van der Waals surface area contributed by atoms with Crippen LogP contribution in [0.25, 0.3) is 22.3 Å². The summed E-state index contributed by atoms with van der Waals surface area (Å²) in [7, 11) is 5.36. The van der Waals surface area contributed by atoms with E-state index in [9.17, 15) is 9.59 Å². The van der Waals surface area contributed by atoms with Crippen LogP contribution in [0.1, 0.15) is 12.0 Å². The highest BCUT2D eigenvalue weighted by Crippen LogP contribution is 2.24. The monoisotopic (exact) mass is 396 g/mol. The number of anilines is 1. The van der Waals surface area contributed by atoms with Crippen molar-refractivity contribution in [3.63, 3.8) is 0 Å². The van der Waals surface area contributed by atoms with Crippen LogP contribution in [0.4, 0.5) is 5.13 Å². The van der Waals surface area contributed by atoms with Crippen LogP contribution in [0.5, 0.6) is 0 Å². The van der Waals surface area contributed by atoms with E-state index in [0.717, 1.165) is 27.9 Å². The molecule has 3 heterocycles. The number of aromatic nitrogens is 5. The van der Waals surface area contributed by atoms with Gasteiger partial charge in [0.05, 0.1) is 22.9 Å². The second-order valence-corrected chi connectivity index (χ2v) is 7.57. The lowest BCUT2D eigenvalue weighted by atomic mass is 10.1. The number of carbonyl (C=O) groups is 1. The van der Waals surface area contributed by atoms with Crippen molar-refractivity contribution in [3.05, 3.63) is 52.0 Å². The van der Waals surface area contributed by atoms with E-state index in [0.29, 0.717) is 18.0 Å². The van der Waals surface area contributed by atoms with Crippen molar-refractivity contribution < 1.29 is 4.79 Å². The Bertz CT molecular complexity index is 1230. The molecular formula is C19H20N6O2S. The van der Waals surface area contributed by atoms with Gasteiger partial charge in [-0.05, 0) is 24.1 Å². The summed E-state index contributed by atoms with van der Waals surface area (Å²) in [6.45, 7) is 0. The normalized spacial score (nSPS) is 11.2. The molecule has 0 saturated carbocycles. The number of benzene rings is 1. The Hall–Kier alpha value is -3.20. The number of rotatable bonds is 5. The SMILES string of the molecule is Cn1cc(-c2csc(NC(=O)CCc3ccc4c(c3)n(C)c(=O)n4C)n2)cn1. The molecule has 9 heteroatoms. The molecule has 1 aromatic carbocycles. The summed E-state index contributed by atoms with van der Waals surface area (Å²) in [4.78, 5) is 28.8. The Morgan fingerprint density at radius 3 is 2.71 bits per heavy atom. The predicted octanol–water partition coefficient (Wildman–Crippen LogP) is 2.31. The van der Waals surface area contributed by atoms with Gasteiger partial charge in [-0.25, -0.2) is 9.78 Å². The fourth-order valence-electron chi connectivity index (χ4n) is 3.16. The molecule has 144 valence electrons. The van der Waals surface area contributed by atoms with Gasteiger partial charge in [-0.3, -0.25) is 18.6 Å². The van der Waals surface area contributed by atoms with E-state index < -0.39 is 0 Å². The number of carbonyl (C=O) groups excluding carboxylic acids is 1. The first-order valence-electron chi connectivity index (χ1n) is 8.81. The van der Waals surface area contributed by atoms with Gasteiger partial charge >= 0.3 is 5.69 Å². The molecular weight excluding hydrogens is 376 g/mol. The number of aryl methyl sites for hydroxylation is 4. The molecule has 0 radical (unpaired) electrons. The summed E-state index contributed by atoms with van der Waals surface area (Å²) in [6, 6.07) is 5.85. The number of imidazole rings is 1. The molecule has 0 aliphatic heterocycles. The van der Waals surface area contributed by atoms with E-state index in [4.69, 9.17) is 0 Å². The fraction of sp³-hybridized carbons (Fsp3) is 0.263. The summed E-state index contributed by atoms with van der Waals surface area (Å²) < 4.78 is 4.95. The van der Waals surface area contributed by atoms with Crippen molar-refractivity contribution in [1.82, 2.24) is 23.9 Å². The van der Waals surface area contributed by atoms with Crippen LogP contribution in [0.2, 0.25) is 0 Å². The van der Waals surface area contributed by atoms with Gasteiger partial charge in [0, 0.05) is 44.7 Å². The van der Waals surface area contributed by atoms with E-state index in [1.54, 1.807) is 34.1 Å². The van der Waals surface area contributed by atoms with Gasteiger partial charge in [0.2, 0.25) is 5.91 Å². The maximum Gasteiger partial charge on any atom is 0.328 e. The molecule has 0 aliphatic carbocycles. The van der Waals surface area contributed by atoms with Crippen molar-refractivity contribution >= 4 is 33.4 Å². The minimum Gasteiger partial charge on any atom is -0.302 e. The molecule has 4 rings (SSSR count). The molecule has 0 unspecified atom stereocenters. The largest absolute Gasteiger partial charge is 0.328 e. The summed E-state index contributed by atoms with van der Waals surface area (Å²) in [5.74, 6) is -0.0888. The van der Waals surface area contributed by atoms with Gasteiger partial charge in [-0.15, -0.1) is 11.3 Å². The Labute approximate surface area is 165 Å². The molecule has 3 aromatic heterocycles. The van der Waals surface area contributed by atoms with Gasteiger partial charge in [0.1, 0.15) is 0 Å². The Balaban J connectivity index is 1.41. The number of hydrogen-bond donors (Lipinski definition) is 1. The fourth-order valence-corrected chi connectivity index (χ4v) is 3.90. The minimum absolute atomic E-state index is 0.0573. The Kier molecular flexibility index (Phi) is 4.60. The average Bonchev–Trinajstić information content (AvgIpc) is 3.37. The molecule has 1 N–H and O–H groups in total. The van der Waals surface area contributed by atoms with Crippen LogP contribution in [0.15, 0.2) is 40.8 Å². The lowest BCUT2D eigenvalue weighted by Gasteiger charge is -2.04. The number of thiazole rings is 1. The van der Waals surface area contributed by atoms with Crippen molar-refractivity contribution in [3.8, 4) is 11.3 Å². The molecule has 28 heavy (non-hydrogen) atoms. The van der Waals surface area contributed by atoms with Gasteiger partial charge < -0.3 is 5.32 Å². The standard InChI is InChI=1S/C19H20N6O2S/c1-23-10-13(9-20-23)14-11-28-18(21-14)22-17(26)7-5-12-4-6-15-16(8-12)25(3)19(27)24(15)2/h4,6,8-11H,5,7H2,1-3H3,(H,21,22,26). The highest BCUT2D eigenvalue weighted by atomic mass is 32.1. The first-order valence-corrected chi connectivity index (χ1v) is 9.69. The quantitative estimate of drug-likeness (QED) is 0.561. The summed E-state index contributed by atoms with van der Waals surface area (Å²) in [6.07, 6.45) is 4.56. The molecule has 0 spiro atoms. The number of fused-ring (bicyclic) bond motifs is 1. The van der Waals surface area contributed by atoms with Gasteiger partial charge in [-0.2, -0.15) is 5.10 Å². The van der Waals surface area contributed by atoms with Gasteiger partial charge in [-0.1, -0.05) is 6.07 Å². The van der Waals surface area contributed by atoms with E-state index in [1.807, 2.05) is 36.8 Å². The molecule has 0 aliphatic rings. The number of nitrogens with one attached hydrogen (secondary N) is 1. The predicted molar refractivity (Wildman–Crippen MR) is 109 cm³/mol. The van der Waals surface area contributed by atoms with Crippen molar-refractivity contribution in [1.29, 1.82) is 0 Å². The molecule has 0 atom stereocenters. The second kappa shape index (κ2) is 7.08. The molecule has 8 nitrogen and oxygen atoms in total. The maximum absolute atomic E-state index is 12.3. The minimum atomic E-state index is -0.0888. The van der Waals surface area contributed by atoms with Crippen LogP contribution in [-0.4, -0.2) is 29.8 Å². The first kappa shape index (κ1) is 18.2. The van der Waals surface area contributed by atoms with Gasteiger partial charge in [0.15, 0.2) is 5.13 Å². The lowest BCUT2D eigenvalue weighted by Crippen LogP contribution is -2.19. The van der Waals surface area contributed by atoms with E-state index >= 15 is 0 Å². The third kappa shape index (κ3) is 3.36. The molecule has 0 fully saturated rings. The smallest absolute Gasteiger partial charge is 0.302 e. The van der Waals surface area contributed by atoms with Crippen LogP contribution in [0.3, 0.4) is 0 Å². The third-order valence-electron chi connectivity index (χ3n) is 4.73.